The van der Waals surface area contributed by atoms with Crippen LogP contribution in [-0.4, -0.2) is 34.0 Å². The summed E-state index contributed by atoms with van der Waals surface area (Å²) >= 11 is 19.6. The Labute approximate surface area is 194 Å². The Bertz CT molecular complexity index is 943. The number of ether oxygens (including phenoxy) is 2. The minimum Gasteiger partial charge on any atom is -0.491 e. The summed E-state index contributed by atoms with van der Waals surface area (Å²) in [6.45, 7) is 0.904. The quantitative estimate of drug-likeness (QED) is 0.387. The molecule has 158 valence electrons. The molecular weight excluding hydrogens is 467 g/mol. The molecule has 0 saturated carbocycles. The largest absolute Gasteiger partial charge is 0.491 e. The van der Waals surface area contributed by atoms with Gasteiger partial charge in [0.25, 0.3) is 0 Å². The van der Waals surface area contributed by atoms with Crippen molar-refractivity contribution in [2.75, 3.05) is 13.2 Å². The van der Waals surface area contributed by atoms with Crippen molar-refractivity contribution < 1.29 is 14.6 Å². The van der Waals surface area contributed by atoms with Gasteiger partial charge in [0.15, 0.2) is 5.75 Å². The van der Waals surface area contributed by atoms with Gasteiger partial charge in [-0.2, -0.15) is 0 Å². The summed E-state index contributed by atoms with van der Waals surface area (Å²) in [6.07, 6.45) is 6.14. The molecule has 0 aliphatic rings. The van der Waals surface area contributed by atoms with Crippen LogP contribution >= 0.6 is 46.6 Å². The summed E-state index contributed by atoms with van der Waals surface area (Å²) in [6, 6.07) is 11.2. The van der Waals surface area contributed by atoms with E-state index in [1.807, 2.05) is 24.3 Å². The molecule has 0 amide bonds. The van der Waals surface area contributed by atoms with Crippen LogP contribution < -0.4 is 9.47 Å². The first-order chi connectivity index (χ1) is 14.5. The molecule has 0 bridgehead atoms. The third kappa shape index (κ3) is 6.86. The van der Waals surface area contributed by atoms with E-state index in [2.05, 4.69) is 4.98 Å². The van der Waals surface area contributed by atoms with Gasteiger partial charge in [-0.25, -0.2) is 4.98 Å². The summed E-state index contributed by atoms with van der Waals surface area (Å²) in [7, 11) is 0. The lowest BCUT2D eigenvalue weighted by atomic mass is 10.3. The number of rotatable bonds is 10. The van der Waals surface area contributed by atoms with Crippen LogP contribution in [0.3, 0.4) is 0 Å². The highest BCUT2D eigenvalue weighted by atomic mass is 35.5. The van der Waals surface area contributed by atoms with Gasteiger partial charge in [-0.3, -0.25) is 0 Å². The molecule has 2 aromatic carbocycles. The molecule has 1 aromatic heterocycles. The predicted octanol–water partition coefficient (Wildman–Crippen LogP) is 5.91. The van der Waals surface area contributed by atoms with Crippen molar-refractivity contribution in [1.29, 1.82) is 0 Å². The molecule has 0 saturated heterocycles. The zero-order chi connectivity index (χ0) is 21.3. The van der Waals surface area contributed by atoms with Gasteiger partial charge >= 0.3 is 0 Å². The van der Waals surface area contributed by atoms with E-state index in [-0.39, 0.29) is 13.2 Å². The van der Waals surface area contributed by atoms with Crippen LogP contribution in [0, 0.1) is 0 Å². The second-order valence-corrected chi connectivity index (χ2v) is 8.40. The highest BCUT2D eigenvalue weighted by Gasteiger charge is 2.11. The maximum atomic E-state index is 10.1. The molecular formula is C21H19Cl3N2O3S. The maximum absolute atomic E-state index is 10.1. The van der Waals surface area contributed by atoms with E-state index >= 15 is 0 Å². The third-order valence-electron chi connectivity index (χ3n) is 3.87. The van der Waals surface area contributed by atoms with Crippen molar-refractivity contribution in [1.82, 2.24) is 9.55 Å². The minimum absolute atomic E-state index is 0.191. The lowest BCUT2D eigenvalue weighted by molar-refractivity contribution is 0.0924. The maximum Gasteiger partial charge on any atom is 0.157 e. The van der Waals surface area contributed by atoms with Crippen molar-refractivity contribution >= 4 is 46.6 Å². The molecule has 0 radical (unpaired) electrons. The summed E-state index contributed by atoms with van der Waals surface area (Å²) in [5.74, 6) is 1.10. The SMILES string of the molecule is OC(COc1ccc(Sc2cc(Cl)c(OC/C=C/Cl)c(Cl)c2)cc1)Cn1ccnc1. The van der Waals surface area contributed by atoms with E-state index in [4.69, 9.17) is 44.3 Å². The van der Waals surface area contributed by atoms with Crippen LogP contribution in [0.25, 0.3) is 0 Å². The molecule has 3 rings (SSSR count). The van der Waals surface area contributed by atoms with E-state index in [0.717, 1.165) is 9.79 Å². The highest BCUT2D eigenvalue weighted by molar-refractivity contribution is 7.99. The van der Waals surface area contributed by atoms with Crippen LogP contribution in [-0.2, 0) is 6.54 Å². The smallest absolute Gasteiger partial charge is 0.157 e. The molecule has 0 spiro atoms. The first kappa shape index (κ1) is 22.8. The predicted molar refractivity (Wildman–Crippen MR) is 121 cm³/mol. The van der Waals surface area contributed by atoms with E-state index in [1.165, 1.54) is 17.3 Å². The zero-order valence-electron chi connectivity index (χ0n) is 15.7. The van der Waals surface area contributed by atoms with Crippen LogP contribution in [0.4, 0.5) is 0 Å². The molecule has 9 heteroatoms. The first-order valence-electron chi connectivity index (χ1n) is 8.96. The molecule has 30 heavy (non-hydrogen) atoms. The average Bonchev–Trinajstić information content (AvgIpc) is 3.22. The molecule has 1 N–H and O–H groups in total. The van der Waals surface area contributed by atoms with E-state index in [0.29, 0.717) is 28.1 Å². The van der Waals surface area contributed by atoms with Gasteiger partial charge in [0.2, 0.25) is 0 Å². The van der Waals surface area contributed by atoms with Gasteiger partial charge in [-0.1, -0.05) is 46.6 Å². The third-order valence-corrected chi connectivity index (χ3v) is 5.59. The Morgan fingerprint density at radius 3 is 2.47 bits per heavy atom. The number of aliphatic hydroxyl groups excluding tert-OH is 1. The van der Waals surface area contributed by atoms with Crippen LogP contribution in [0.1, 0.15) is 0 Å². The fourth-order valence-corrected chi connectivity index (χ4v) is 4.22. The highest BCUT2D eigenvalue weighted by Crippen LogP contribution is 2.39. The number of benzene rings is 2. The van der Waals surface area contributed by atoms with Crippen molar-refractivity contribution in [3.05, 3.63) is 76.8 Å². The number of hydrogen-bond acceptors (Lipinski definition) is 5. The lowest BCUT2D eigenvalue weighted by Gasteiger charge is -2.13. The number of aliphatic hydroxyl groups is 1. The van der Waals surface area contributed by atoms with E-state index < -0.39 is 6.10 Å². The van der Waals surface area contributed by atoms with Gasteiger partial charge in [-0.15, -0.1) is 0 Å². The number of halogens is 3. The summed E-state index contributed by atoms with van der Waals surface area (Å²) in [5.41, 5.74) is 1.37. The van der Waals surface area contributed by atoms with E-state index in [1.54, 1.807) is 41.5 Å². The van der Waals surface area contributed by atoms with Crippen LogP contribution in [0.5, 0.6) is 11.5 Å². The van der Waals surface area contributed by atoms with Crippen LogP contribution in [0.2, 0.25) is 10.0 Å². The Morgan fingerprint density at radius 2 is 1.83 bits per heavy atom. The Hall–Kier alpha value is -1.83. The minimum atomic E-state index is -0.627. The monoisotopic (exact) mass is 484 g/mol. The average molecular weight is 486 g/mol. The van der Waals surface area contributed by atoms with Gasteiger partial charge in [0, 0.05) is 27.7 Å². The number of nitrogens with zero attached hydrogens (tertiary/aromatic N) is 2. The fourth-order valence-electron chi connectivity index (χ4n) is 2.52. The second kappa shape index (κ2) is 11.5. The Morgan fingerprint density at radius 1 is 1.10 bits per heavy atom. The molecule has 0 fully saturated rings. The standard InChI is InChI=1S/C21H19Cl3N2O3S/c22-6-1-9-28-21-19(23)10-18(11-20(21)24)30-17-4-2-16(3-5-17)29-13-15(27)12-26-8-7-25-14-26/h1-8,10-11,14-15,27H,9,12-13H2/b6-1+. The van der Waals surface area contributed by atoms with E-state index in [9.17, 15) is 5.11 Å². The van der Waals surface area contributed by atoms with Crippen molar-refractivity contribution in [3.63, 3.8) is 0 Å². The molecule has 1 heterocycles. The summed E-state index contributed by atoms with van der Waals surface area (Å²) in [5, 5.41) is 10.9. The molecule has 3 aromatic rings. The summed E-state index contributed by atoms with van der Waals surface area (Å²) < 4.78 is 13.0. The topological polar surface area (TPSA) is 56.5 Å². The molecule has 0 aliphatic carbocycles. The zero-order valence-corrected chi connectivity index (χ0v) is 18.8. The number of aromatic nitrogens is 2. The summed E-state index contributed by atoms with van der Waals surface area (Å²) in [4.78, 5) is 5.82. The number of imidazole rings is 1. The fraction of sp³-hybridized carbons (Fsp3) is 0.190. The van der Waals surface area contributed by atoms with Crippen molar-refractivity contribution in [3.8, 4) is 11.5 Å². The Kier molecular flexibility index (Phi) is 8.78. The molecule has 5 nitrogen and oxygen atoms in total. The lowest BCUT2D eigenvalue weighted by Crippen LogP contribution is -2.22. The van der Waals surface area contributed by atoms with Gasteiger partial charge < -0.3 is 19.1 Å². The van der Waals surface area contributed by atoms with Crippen LogP contribution in [0.15, 0.2) is 76.5 Å². The van der Waals surface area contributed by atoms with Crippen molar-refractivity contribution in [2.45, 2.75) is 22.4 Å². The molecule has 1 atom stereocenters. The van der Waals surface area contributed by atoms with Crippen molar-refractivity contribution in [2.24, 2.45) is 0 Å². The Balaban J connectivity index is 1.55. The molecule has 1 unspecified atom stereocenters. The second-order valence-electron chi connectivity index (χ2n) is 6.19. The normalized spacial score (nSPS) is 12.3. The number of hydrogen-bond donors (Lipinski definition) is 1. The first-order valence-corrected chi connectivity index (χ1v) is 11.0. The molecule has 0 aliphatic heterocycles. The van der Waals surface area contributed by atoms with Gasteiger partial charge in [0.1, 0.15) is 25.1 Å². The van der Waals surface area contributed by atoms with Gasteiger partial charge in [0.05, 0.1) is 22.9 Å². The van der Waals surface area contributed by atoms with Gasteiger partial charge in [-0.05, 0) is 42.5 Å².